The largest absolute Gasteiger partial charge is 0.484 e. The number of hydrogen-bond donors (Lipinski definition) is 2. The molecule has 1 amide bonds. The van der Waals surface area contributed by atoms with Crippen LogP contribution in [-0.2, 0) is 9.59 Å². The lowest BCUT2D eigenvalue weighted by Crippen LogP contribution is -2.37. The van der Waals surface area contributed by atoms with Crippen molar-refractivity contribution in [3.8, 4) is 5.75 Å². The van der Waals surface area contributed by atoms with Crippen LogP contribution >= 0.6 is 11.6 Å². The molecule has 2 atom stereocenters. The predicted octanol–water partition coefficient (Wildman–Crippen LogP) is 6.01. The Balaban J connectivity index is 1.55. The van der Waals surface area contributed by atoms with Gasteiger partial charge in [-0.25, -0.2) is 0 Å². The average molecular weight is 478 g/mol. The molecule has 0 saturated carbocycles. The van der Waals surface area contributed by atoms with E-state index in [0.29, 0.717) is 10.8 Å². The second-order valence-electron chi connectivity index (χ2n) is 8.74. The third kappa shape index (κ3) is 5.97. The lowest BCUT2D eigenvalue weighted by Gasteiger charge is -2.20. The summed E-state index contributed by atoms with van der Waals surface area (Å²) in [5.74, 6) is -0.768. The van der Waals surface area contributed by atoms with Crippen LogP contribution in [-0.4, -0.2) is 29.6 Å². The van der Waals surface area contributed by atoms with Crippen molar-refractivity contribution in [2.75, 3.05) is 6.61 Å². The highest BCUT2D eigenvalue weighted by Gasteiger charge is 2.21. The van der Waals surface area contributed by atoms with Crippen LogP contribution in [0.25, 0.3) is 10.8 Å². The van der Waals surface area contributed by atoms with Gasteiger partial charge in [-0.3, -0.25) is 9.59 Å². The van der Waals surface area contributed by atoms with Crippen LogP contribution in [0.5, 0.6) is 5.75 Å². The topological polar surface area (TPSA) is 75.6 Å². The molecule has 5 nitrogen and oxygen atoms in total. The molecule has 0 bridgehead atoms. The zero-order valence-corrected chi connectivity index (χ0v) is 19.8. The number of nitrogens with one attached hydrogen (secondary N) is 1. The van der Waals surface area contributed by atoms with Crippen molar-refractivity contribution in [1.29, 1.82) is 0 Å². The third-order valence-corrected chi connectivity index (χ3v) is 6.44. The smallest absolute Gasteiger partial charge is 0.304 e. The average Bonchev–Trinajstić information content (AvgIpc) is 2.83. The number of rotatable bonds is 8. The van der Waals surface area contributed by atoms with E-state index >= 15 is 0 Å². The summed E-state index contributed by atoms with van der Waals surface area (Å²) in [4.78, 5) is 23.9. The highest BCUT2D eigenvalue weighted by atomic mass is 35.5. The third-order valence-electron chi connectivity index (χ3n) is 6.20. The molecule has 2 unspecified atom stereocenters. The first kappa shape index (κ1) is 23.8. The predicted molar refractivity (Wildman–Crippen MR) is 135 cm³/mol. The fourth-order valence-corrected chi connectivity index (χ4v) is 4.63. The van der Waals surface area contributed by atoms with Gasteiger partial charge in [0.1, 0.15) is 5.75 Å². The number of halogens is 1. The van der Waals surface area contributed by atoms with E-state index in [-0.39, 0.29) is 30.9 Å². The molecule has 0 spiro atoms. The molecule has 34 heavy (non-hydrogen) atoms. The van der Waals surface area contributed by atoms with Gasteiger partial charge < -0.3 is 15.2 Å². The number of aliphatic carboxylic acids is 1. The molecule has 3 aromatic rings. The SMILES string of the molecule is Cc1ccc(Cl)cc1C(CC(=O)O)c1ccc2ccc(OCC(=O)NC3C=CCCC3)cc2c1. The molecule has 4 rings (SSSR count). The monoisotopic (exact) mass is 477 g/mol. The number of ether oxygens (including phenoxy) is 1. The maximum atomic E-state index is 12.3. The molecule has 0 aromatic heterocycles. The molecule has 0 aliphatic heterocycles. The Labute approximate surface area is 204 Å². The summed E-state index contributed by atoms with van der Waals surface area (Å²) in [7, 11) is 0. The quantitative estimate of drug-likeness (QED) is 0.389. The summed E-state index contributed by atoms with van der Waals surface area (Å²) in [5.41, 5.74) is 2.78. The molecule has 176 valence electrons. The highest BCUT2D eigenvalue weighted by molar-refractivity contribution is 6.30. The number of allylic oxidation sites excluding steroid dienone is 1. The van der Waals surface area contributed by atoms with Crippen LogP contribution in [0.2, 0.25) is 5.02 Å². The van der Waals surface area contributed by atoms with Gasteiger partial charge in [-0.1, -0.05) is 54.1 Å². The summed E-state index contributed by atoms with van der Waals surface area (Å²) in [6.45, 7) is 1.90. The van der Waals surface area contributed by atoms with Crippen molar-refractivity contribution >= 4 is 34.2 Å². The van der Waals surface area contributed by atoms with E-state index in [1.807, 2.05) is 67.6 Å². The highest BCUT2D eigenvalue weighted by Crippen LogP contribution is 2.34. The van der Waals surface area contributed by atoms with Crippen molar-refractivity contribution in [3.05, 3.63) is 88.5 Å². The lowest BCUT2D eigenvalue weighted by molar-refractivity contribution is -0.137. The molecule has 0 radical (unpaired) electrons. The molecular weight excluding hydrogens is 450 g/mol. The Morgan fingerprint density at radius 2 is 1.94 bits per heavy atom. The number of carboxylic acid groups (broad SMARTS) is 1. The van der Waals surface area contributed by atoms with Gasteiger partial charge in [0.15, 0.2) is 6.61 Å². The number of hydrogen-bond acceptors (Lipinski definition) is 3. The van der Waals surface area contributed by atoms with E-state index in [0.717, 1.165) is 46.7 Å². The second-order valence-corrected chi connectivity index (χ2v) is 9.18. The fraction of sp³-hybridized carbons (Fsp3) is 0.286. The van der Waals surface area contributed by atoms with E-state index in [2.05, 4.69) is 11.4 Å². The van der Waals surface area contributed by atoms with Crippen LogP contribution in [0, 0.1) is 6.92 Å². The van der Waals surface area contributed by atoms with E-state index in [4.69, 9.17) is 16.3 Å². The summed E-state index contributed by atoms with van der Waals surface area (Å²) in [6.07, 6.45) is 7.18. The number of fused-ring (bicyclic) bond motifs is 1. The van der Waals surface area contributed by atoms with Crippen molar-refractivity contribution in [2.24, 2.45) is 0 Å². The zero-order chi connectivity index (χ0) is 24.1. The number of carbonyl (C=O) groups excluding carboxylic acids is 1. The van der Waals surface area contributed by atoms with E-state index < -0.39 is 5.97 Å². The normalized spacial score (nSPS) is 16.2. The first-order valence-electron chi connectivity index (χ1n) is 11.5. The Morgan fingerprint density at radius 1 is 1.12 bits per heavy atom. The van der Waals surface area contributed by atoms with Crippen molar-refractivity contribution < 1.29 is 19.4 Å². The van der Waals surface area contributed by atoms with Gasteiger partial charge in [0.25, 0.3) is 5.91 Å². The van der Waals surface area contributed by atoms with Crippen LogP contribution < -0.4 is 10.1 Å². The van der Waals surface area contributed by atoms with Crippen molar-refractivity contribution in [3.63, 3.8) is 0 Å². The van der Waals surface area contributed by atoms with Crippen LogP contribution in [0.3, 0.4) is 0 Å². The first-order chi connectivity index (χ1) is 16.4. The minimum Gasteiger partial charge on any atom is -0.484 e. The minimum atomic E-state index is -0.875. The summed E-state index contributed by atoms with van der Waals surface area (Å²) < 4.78 is 5.75. The number of benzene rings is 3. The lowest BCUT2D eigenvalue weighted by atomic mass is 9.85. The van der Waals surface area contributed by atoms with Gasteiger partial charge in [0, 0.05) is 17.0 Å². The van der Waals surface area contributed by atoms with E-state index in [9.17, 15) is 14.7 Å². The van der Waals surface area contributed by atoms with Crippen molar-refractivity contribution in [2.45, 2.75) is 44.6 Å². The van der Waals surface area contributed by atoms with Gasteiger partial charge in [-0.05, 0) is 77.9 Å². The standard InChI is InChI=1S/C28H28ClNO4/c1-18-7-11-22(29)15-25(18)26(16-28(32)33)20-9-8-19-10-12-24(14-21(19)13-20)34-17-27(31)30-23-5-3-2-4-6-23/h3,5,7-15,23,26H,2,4,6,16-17H2,1H3,(H,30,31)(H,32,33). The van der Waals surface area contributed by atoms with Crippen LogP contribution in [0.15, 0.2) is 66.7 Å². The number of carboxylic acids is 1. The number of aryl methyl sites for hydroxylation is 1. The molecular formula is C28H28ClNO4. The van der Waals surface area contributed by atoms with E-state index in [1.165, 1.54) is 0 Å². The molecule has 6 heteroatoms. The Morgan fingerprint density at radius 3 is 2.71 bits per heavy atom. The Kier molecular flexibility index (Phi) is 7.53. The second kappa shape index (κ2) is 10.7. The maximum Gasteiger partial charge on any atom is 0.304 e. The molecule has 3 aromatic carbocycles. The Bertz CT molecular complexity index is 1240. The van der Waals surface area contributed by atoms with Crippen LogP contribution in [0.1, 0.15) is 48.3 Å². The maximum absolute atomic E-state index is 12.3. The van der Waals surface area contributed by atoms with Gasteiger partial charge in [0.05, 0.1) is 6.42 Å². The molecule has 0 fully saturated rings. The summed E-state index contributed by atoms with van der Waals surface area (Å²) in [5, 5.41) is 15.0. The molecule has 0 heterocycles. The number of amides is 1. The fourth-order valence-electron chi connectivity index (χ4n) is 4.45. The number of carbonyl (C=O) groups is 2. The molecule has 1 aliphatic rings. The summed E-state index contributed by atoms with van der Waals surface area (Å²) >= 11 is 6.22. The molecule has 2 N–H and O–H groups in total. The summed E-state index contributed by atoms with van der Waals surface area (Å²) in [6, 6.07) is 17.2. The first-order valence-corrected chi connectivity index (χ1v) is 11.9. The van der Waals surface area contributed by atoms with Crippen molar-refractivity contribution in [1.82, 2.24) is 5.32 Å². The van der Waals surface area contributed by atoms with Gasteiger partial charge >= 0.3 is 5.97 Å². The minimum absolute atomic E-state index is 0.0430. The van der Waals surface area contributed by atoms with Gasteiger partial charge in [0.2, 0.25) is 0 Å². The zero-order valence-electron chi connectivity index (χ0n) is 19.1. The van der Waals surface area contributed by atoms with Crippen LogP contribution in [0.4, 0.5) is 0 Å². The molecule has 0 saturated heterocycles. The molecule has 1 aliphatic carbocycles. The van der Waals surface area contributed by atoms with E-state index in [1.54, 1.807) is 0 Å². The Hall–Kier alpha value is -3.31. The van der Waals surface area contributed by atoms with Gasteiger partial charge in [-0.2, -0.15) is 0 Å². The van der Waals surface area contributed by atoms with Gasteiger partial charge in [-0.15, -0.1) is 0 Å².